The molecule has 2 heterocycles. The number of aromatic nitrogens is 2. The number of rotatable bonds is 4. The molecule has 0 unspecified atom stereocenters. The van der Waals surface area contributed by atoms with Crippen molar-refractivity contribution in [1.82, 2.24) is 9.97 Å². The summed E-state index contributed by atoms with van der Waals surface area (Å²) in [5.74, 6) is 0.178. The van der Waals surface area contributed by atoms with E-state index in [1.807, 2.05) is 36.4 Å². The van der Waals surface area contributed by atoms with Crippen molar-refractivity contribution in [3.63, 3.8) is 0 Å². The summed E-state index contributed by atoms with van der Waals surface area (Å²) < 4.78 is 0. The van der Waals surface area contributed by atoms with E-state index in [1.165, 1.54) is 5.56 Å². The fourth-order valence-corrected chi connectivity index (χ4v) is 3.01. The third-order valence-electron chi connectivity index (χ3n) is 4.30. The number of hydrogen-bond acceptors (Lipinski definition) is 6. The molecule has 132 valence electrons. The summed E-state index contributed by atoms with van der Waals surface area (Å²) in [7, 11) is 0. The molecule has 0 saturated heterocycles. The maximum absolute atomic E-state index is 12.2. The van der Waals surface area contributed by atoms with E-state index in [1.54, 1.807) is 18.3 Å². The average molecular weight is 356 g/mol. The summed E-state index contributed by atoms with van der Waals surface area (Å²) >= 11 is 0. The smallest absolute Gasteiger partial charge is 0.270 e. The first-order valence-electron chi connectivity index (χ1n) is 8.50. The normalized spacial score (nSPS) is 12.4. The summed E-state index contributed by atoms with van der Waals surface area (Å²) in [4.78, 5) is 19.1. The van der Waals surface area contributed by atoms with Gasteiger partial charge in [-0.2, -0.15) is 10.4 Å². The van der Waals surface area contributed by atoms with Crippen LogP contribution in [0, 0.1) is 11.3 Å². The van der Waals surface area contributed by atoms with Crippen LogP contribution in [-0.2, 0) is 6.42 Å². The van der Waals surface area contributed by atoms with Crippen LogP contribution in [0.4, 0.5) is 11.6 Å². The van der Waals surface area contributed by atoms with Crippen molar-refractivity contribution in [3.05, 3.63) is 75.6 Å². The molecule has 0 fully saturated rings. The molecular weight excluding hydrogens is 340 g/mol. The predicted molar refractivity (Wildman–Crippen MR) is 105 cm³/mol. The number of hydrogen-bond donors (Lipinski definition) is 3. The molecule has 0 aliphatic carbocycles. The lowest BCUT2D eigenvalue weighted by Crippen LogP contribution is -2.16. The van der Waals surface area contributed by atoms with Crippen LogP contribution in [0.25, 0.3) is 11.3 Å². The van der Waals surface area contributed by atoms with Crippen molar-refractivity contribution in [3.8, 4) is 17.3 Å². The van der Waals surface area contributed by atoms with Gasteiger partial charge >= 0.3 is 0 Å². The lowest BCUT2D eigenvalue weighted by atomic mass is 10.1. The number of aromatic amines is 1. The van der Waals surface area contributed by atoms with E-state index in [9.17, 15) is 10.1 Å². The number of benzene rings is 2. The number of nitrogens with one attached hydrogen (secondary N) is 3. The number of hydrazone groups is 1. The van der Waals surface area contributed by atoms with Crippen LogP contribution in [-0.4, -0.2) is 22.7 Å². The van der Waals surface area contributed by atoms with Crippen LogP contribution in [0.15, 0.2) is 58.4 Å². The molecular formula is C20H16N6O. The lowest BCUT2D eigenvalue weighted by molar-refractivity contribution is 1.08. The Kier molecular flexibility index (Phi) is 4.37. The second-order valence-electron chi connectivity index (χ2n) is 6.08. The van der Waals surface area contributed by atoms with Crippen LogP contribution in [0.3, 0.4) is 0 Å². The number of H-pyrrole nitrogens is 1. The first-order chi connectivity index (χ1) is 13.2. The Labute approximate surface area is 155 Å². The molecule has 0 atom stereocenters. The van der Waals surface area contributed by atoms with Crippen LogP contribution in [0.5, 0.6) is 0 Å². The fraction of sp³-hybridized carbons (Fsp3) is 0.100. The highest BCUT2D eigenvalue weighted by Crippen LogP contribution is 2.22. The molecule has 0 bridgehead atoms. The largest absolute Gasteiger partial charge is 0.384 e. The Hall–Kier alpha value is -3.92. The zero-order valence-corrected chi connectivity index (χ0v) is 14.4. The van der Waals surface area contributed by atoms with E-state index in [2.05, 4.69) is 31.9 Å². The van der Waals surface area contributed by atoms with Crippen molar-refractivity contribution < 1.29 is 0 Å². The minimum absolute atomic E-state index is 0.0261. The number of anilines is 2. The Morgan fingerprint density at radius 3 is 2.89 bits per heavy atom. The van der Waals surface area contributed by atoms with Crippen LogP contribution in [0.1, 0.15) is 16.7 Å². The van der Waals surface area contributed by atoms with Gasteiger partial charge in [-0.25, -0.2) is 10.4 Å². The standard InChI is InChI=1S/C20H16N6O/c21-11-16-18(14-4-2-1-3-5-14)24-20(25-19(16)27)26-23-12-13-6-7-17-15(10-13)8-9-22-17/h1-7,10,12,22H,8-9H2,(H2,24,25,26,27). The van der Waals surface area contributed by atoms with E-state index < -0.39 is 5.56 Å². The van der Waals surface area contributed by atoms with E-state index >= 15 is 0 Å². The summed E-state index contributed by atoms with van der Waals surface area (Å²) in [5, 5.41) is 16.8. The molecule has 1 aliphatic rings. The second-order valence-corrected chi connectivity index (χ2v) is 6.08. The molecule has 2 aromatic carbocycles. The minimum Gasteiger partial charge on any atom is -0.384 e. The van der Waals surface area contributed by atoms with Gasteiger partial charge in [0.1, 0.15) is 11.6 Å². The molecule has 0 spiro atoms. The molecule has 0 amide bonds. The van der Waals surface area contributed by atoms with Gasteiger partial charge in [-0.15, -0.1) is 0 Å². The highest BCUT2D eigenvalue weighted by molar-refractivity contribution is 5.82. The van der Waals surface area contributed by atoms with Gasteiger partial charge < -0.3 is 5.32 Å². The predicted octanol–water partition coefficient (Wildman–Crippen LogP) is 2.72. The molecule has 27 heavy (non-hydrogen) atoms. The van der Waals surface area contributed by atoms with Gasteiger partial charge in [0.2, 0.25) is 5.95 Å². The third kappa shape index (κ3) is 3.41. The van der Waals surface area contributed by atoms with E-state index in [4.69, 9.17) is 0 Å². The van der Waals surface area contributed by atoms with Gasteiger partial charge in [0.15, 0.2) is 0 Å². The van der Waals surface area contributed by atoms with Crippen molar-refractivity contribution in [2.45, 2.75) is 6.42 Å². The first-order valence-corrected chi connectivity index (χ1v) is 8.50. The Morgan fingerprint density at radius 2 is 2.07 bits per heavy atom. The van der Waals surface area contributed by atoms with Crippen LogP contribution in [0.2, 0.25) is 0 Å². The van der Waals surface area contributed by atoms with Crippen molar-refractivity contribution in [1.29, 1.82) is 5.26 Å². The minimum atomic E-state index is -0.507. The second kappa shape index (κ2) is 7.14. The highest BCUT2D eigenvalue weighted by atomic mass is 16.1. The number of nitrogens with zero attached hydrogens (tertiary/aromatic N) is 3. The topological polar surface area (TPSA) is 106 Å². The van der Waals surface area contributed by atoms with Gasteiger partial charge in [-0.1, -0.05) is 36.4 Å². The molecule has 3 aromatic rings. The summed E-state index contributed by atoms with van der Waals surface area (Å²) in [5.41, 5.74) is 6.59. The SMILES string of the molecule is N#Cc1c(-c2ccccc2)nc(NN=Cc2ccc3c(c2)CCN3)[nH]c1=O. The van der Waals surface area contributed by atoms with E-state index in [0.29, 0.717) is 11.3 Å². The average Bonchev–Trinajstić information content (AvgIpc) is 3.16. The monoisotopic (exact) mass is 356 g/mol. The molecule has 1 aliphatic heterocycles. The van der Waals surface area contributed by atoms with E-state index in [-0.39, 0.29) is 11.5 Å². The van der Waals surface area contributed by atoms with Gasteiger partial charge in [-0.3, -0.25) is 9.78 Å². The zero-order chi connectivity index (χ0) is 18.6. The molecule has 1 aromatic heterocycles. The summed E-state index contributed by atoms with van der Waals surface area (Å²) in [6.45, 7) is 0.951. The van der Waals surface area contributed by atoms with Gasteiger partial charge in [0, 0.05) is 17.8 Å². The Balaban J connectivity index is 1.60. The highest BCUT2D eigenvalue weighted by Gasteiger charge is 2.13. The van der Waals surface area contributed by atoms with Gasteiger partial charge in [0.25, 0.3) is 5.56 Å². The fourth-order valence-electron chi connectivity index (χ4n) is 3.01. The quantitative estimate of drug-likeness (QED) is 0.492. The Bertz CT molecular complexity index is 1110. The number of nitriles is 1. The molecule has 0 saturated carbocycles. The molecule has 4 rings (SSSR count). The van der Waals surface area contributed by atoms with Crippen molar-refractivity contribution in [2.24, 2.45) is 5.10 Å². The zero-order valence-electron chi connectivity index (χ0n) is 14.4. The van der Waals surface area contributed by atoms with Gasteiger partial charge in [-0.05, 0) is 29.7 Å². The molecule has 3 N–H and O–H groups in total. The van der Waals surface area contributed by atoms with Gasteiger partial charge in [0.05, 0.1) is 11.9 Å². The van der Waals surface area contributed by atoms with E-state index in [0.717, 1.165) is 24.2 Å². The summed E-state index contributed by atoms with van der Waals surface area (Å²) in [6, 6.07) is 17.1. The Morgan fingerprint density at radius 1 is 1.22 bits per heavy atom. The molecule has 0 radical (unpaired) electrons. The molecule has 7 nitrogen and oxygen atoms in total. The van der Waals surface area contributed by atoms with Crippen LogP contribution < -0.4 is 16.3 Å². The van der Waals surface area contributed by atoms with Crippen molar-refractivity contribution >= 4 is 17.9 Å². The van der Waals surface area contributed by atoms with Crippen LogP contribution >= 0.6 is 0 Å². The number of fused-ring (bicyclic) bond motifs is 1. The maximum atomic E-state index is 12.2. The third-order valence-corrected chi connectivity index (χ3v) is 4.30. The lowest BCUT2D eigenvalue weighted by Gasteiger charge is -2.06. The maximum Gasteiger partial charge on any atom is 0.270 e. The van der Waals surface area contributed by atoms with Crippen molar-refractivity contribution in [2.75, 3.05) is 17.3 Å². The first kappa shape index (κ1) is 16.5. The summed E-state index contributed by atoms with van der Waals surface area (Å²) in [6.07, 6.45) is 2.66. The molecule has 7 heteroatoms.